The van der Waals surface area contributed by atoms with Crippen LogP contribution in [0.2, 0.25) is 0 Å². The maximum Gasteiger partial charge on any atom is 0.253 e. The summed E-state index contributed by atoms with van der Waals surface area (Å²) < 4.78 is 32.3. The van der Waals surface area contributed by atoms with E-state index in [-0.39, 0.29) is 16.8 Å². The molecule has 1 aliphatic heterocycles. The van der Waals surface area contributed by atoms with Crippen molar-refractivity contribution in [3.63, 3.8) is 0 Å². The molecular formula is C17H24N2O4S. The molecule has 0 radical (unpaired) electrons. The van der Waals surface area contributed by atoms with Crippen molar-refractivity contribution in [3.8, 4) is 0 Å². The van der Waals surface area contributed by atoms with Gasteiger partial charge in [-0.3, -0.25) is 4.79 Å². The number of rotatable bonds is 7. The van der Waals surface area contributed by atoms with E-state index in [1.807, 2.05) is 6.92 Å². The summed E-state index contributed by atoms with van der Waals surface area (Å²) >= 11 is 0. The number of benzene rings is 1. The molecule has 1 saturated carbocycles. The number of nitrogens with one attached hydrogen (secondary N) is 1. The molecule has 1 N–H and O–H groups in total. The van der Waals surface area contributed by atoms with Crippen LogP contribution in [0.1, 0.15) is 36.5 Å². The van der Waals surface area contributed by atoms with Crippen LogP contribution in [0, 0.1) is 5.92 Å². The van der Waals surface area contributed by atoms with E-state index in [0.29, 0.717) is 31.2 Å². The highest BCUT2D eigenvalue weighted by atomic mass is 32.2. The number of hydrogen-bond donors (Lipinski definition) is 1. The zero-order chi connectivity index (χ0) is 17.2. The van der Waals surface area contributed by atoms with E-state index in [9.17, 15) is 13.2 Å². The highest BCUT2D eigenvalue weighted by Crippen LogP contribution is 2.22. The Bertz CT molecular complexity index is 677. The number of nitrogens with zero attached hydrogens (tertiary/aromatic N) is 1. The van der Waals surface area contributed by atoms with Gasteiger partial charge in [0.25, 0.3) is 5.91 Å². The van der Waals surface area contributed by atoms with Crippen LogP contribution in [0.15, 0.2) is 29.2 Å². The average Bonchev–Trinajstić information content (AvgIpc) is 3.23. The van der Waals surface area contributed by atoms with Crippen molar-refractivity contribution in [2.75, 3.05) is 26.3 Å². The van der Waals surface area contributed by atoms with Crippen LogP contribution < -0.4 is 4.72 Å². The lowest BCUT2D eigenvalue weighted by atomic mass is 10.1. The number of carbonyl (C=O) groups excluding carboxylic acids is 1. The van der Waals surface area contributed by atoms with Gasteiger partial charge in [-0.15, -0.1) is 0 Å². The maximum absolute atomic E-state index is 12.6. The smallest absolute Gasteiger partial charge is 0.253 e. The predicted molar refractivity (Wildman–Crippen MR) is 90.3 cm³/mol. The zero-order valence-corrected chi connectivity index (χ0v) is 14.7. The van der Waals surface area contributed by atoms with Gasteiger partial charge in [-0.1, -0.05) is 0 Å². The highest BCUT2D eigenvalue weighted by Gasteiger charge is 2.28. The molecule has 1 aromatic rings. The van der Waals surface area contributed by atoms with Crippen LogP contribution in [0.3, 0.4) is 0 Å². The molecule has 0 spiro atoms. The van der Waals surface area contributed by atoms with E-state index >= 15 is 0 Å². The Labute approximate surface area is 143 Å². The third kappa shape index (κ3) is 4.15. The normalized spacial score (nSPS) is 21.0. The van der Waals surface area contributed by atoms with Gasteiger partial charge in [0.15, 0.2) is 0 Å². The molecule has 1 amide bonds. The summed E-state index contributed by atoms with van der Waals surface area (Å²) in [6.07, 6.45) is 2.77. The summed E-state index contributed by atoms with van der Waals surface area (Å²) in [5.74, 6) is 0.319. The predicted octanol–water partition coefficient (Wildman–Crippen LogP) is 1.63. The first kappa shape index (κ1) is 17.4. The minimum absolute atomic E-state index is 0.0662. The standard InChI is InChI=1S/C17H24N2O4S/c1-2-19(11-13-9-10-23-12-13)17(20)14-3-7-16(8-4-14)24(21,22)18-15-5-6-15/h3-4,7-8,13,15,18H,2,5-6,9-12H2,1H3. The van der Waals surface area contributed by atoms with Crippen LogP contribution in [0.25, 0.3) is 0 Å². The average molecular weight is 352 g/mol. The Morgan fingerprint density at radius 1 is 1.25 bits per heavy atom. The third-order valence-corrected chi connectivity index (χ3v) is 6.02. The van der Waals surface area contributed by atoms with E-state index in [1.165, 1.54) is 12.1 Å². The van der Waals surface area contributed by atoms with E-state index in [2.05, 4.69) is 4.72 Å². The molecule has 1 heterocycles. The van der Waals surface area contributed by atoms with Crippen LogP contribution in [0.5, 0.6) is 0 Å². The molecule has 3 rings (SSSR count). The fraction of sp³-hybridized carbons (Fsp3) is 0.588. The van der Waals surface area contributed by atoms with Gasteiger partial charge < -0.3 is 9.64 Å². The first-order chi connectivity index (χ1) is 11.5. The lowest BCUT2D eigenvalue weighted by molar-refractivity contribution is 0.0730. The summed E-state index contributed by atoms with van der Waals surface area (Å²) in [5, 5.41) is 0. The minimum atomic E-state index is -3.48. The highest BCUT2D eigenvalue weighted by molar-refractivity contribution is 7.89. The van der Waals surface area contributed by atoms with E-state index in [4.69, 9.17) is 4.74 Å². The van der Waals surface area contributed by atoms with Crippen molar-refractivity contribution in [1.82, 2.24) is 9.62 Å². The molecule has 1 saturated heterocycles. The first-order valence-corrected chi connectivity index (χ1v) is 9.97. The fourth-order valence-corrected chi connectivity index (χ4v) is 4.15. The van der Waals surface area contributed by atoms with Gasteiger partial charge >= 0.3 is 0 Å². The Balaban J connectivity index is 1.67. The Hall–Kier alpha value is -1.44. The van der Waals surface area contributed by atoms with Crippen LogP contribution >= 0.6 is 0 Å². The number of carbonyl (C=O) groups is 1. The molecular weight excluding hydrogens is 328 g/mol. The molecule has 0 bridgehead atoms. The van der Waals surface area contributed by atoms with E-state index in [1.54, 1.807) is 17.0 Å². The number of ether oxygens (including phenoxy) is 1. The van der Waals surface area contributed by atoms with Crippen LogP contribution in [-0.4, -0.2) is 51.6 Å². The van der Waals surface area contributed by atoms with Crippen molar-refractivity contribution in [1.29, 1.82) is 0 Å². The van der Waals surface area contributed by atoms with E-state index in [0.717, 1.165) is 25.9 Å². The second-order valence-electron chi connectivity index (χ2n) is 6.49. The molecule has 24 heavy (non-hydrogen) atoms. The second-order valence-corrected chi connectivity index (χ2v) is 8.21. The van der Waals surface area contributed by atoms with Crippen molar-refractivity contribution in [3.05, 3.63) is 29.8 Å². The fourth-order valence-electron chi connectivity index (χ4n) is 2.84. The largest absolute Gasteiger partial charge is 0.381 e. The van der Waals surface area contributed by atoms with Crippen molar-refractivity contribution < 1.29 is 17.9 Å². The molecule has 1 unspecified atom stereocenters. The minimum Gasteiger partial charge on any atom is -0.381 e. The zero-order valence-electron chi connectivity index (χ0n) is 13.9. The van der Waals surface area contributed by atoms with Crippen molar-refractivity contribution >= 4 is 15.9 Å². The molecule has 7 heteroatoms. The summed E-state index contributed by atoms with van der Waals surface area (Å²) in [6.45, 7) is 4.72. The number of amides is 1. The number of sulfonamides is 1. The summed E-state index contributed by atoms with van der Waals surface area (Å²) in [5.41, 5.74) is 0.515. The van der Waals surface area contributed by atoms with Crippen molar-refractivity contribution in [2.24, 2.45) is 5.92 Å². The molecule has 6 nitrogen and oxygen atoms in total. The number of hydrogen-bond acceptors (Lipinski definition) is 4. The van der Waals surface area contributed by atoms with Gasteiger partial charge in [0.05, 0.1) is 11.5 Å². The molecule has 1 aromatic carbocycles. The van der Waals surface area contributed by atoms with Gasteiger partial charge in [0.1, 0.15) is 0 Å². The van der Waals surface area contributed by atoms with E-state index < -0.39 is 10.0 Å². The van der Waals surface area contributed by atoms with Crippen molar-refractivity contribution in [2.45, 2.75) is 37.1 Å². The summed E-state index contributed by atoms with van der Waals surface area (Å²) in [6, 6.07) is 6.27. The van der Waals surface area contributed by atoms with Gasteiger partial charge in [-0.25, -0.2) is 13.1 Å². The van der Waals surface area contributed by atoms with Gasteiger partial charge in [-0.2, -0.15) is 0 Å². The summed E-state index contributed by atoms with van der Waals surface area (Å²) in [4.78, 5) is 14.6. The summed E-state index contributed by atoms with van der Waals surface area (Å²) in [7, 11) is -3.48. The topological polar surface area (TPSA) is 75.7 Å². The molecule has 0 aromatic heterocycles. The Morgan fingerprint density at radius 2 is 1.96 bits per heavy atom. The lowest BCUT2D eigenvalue weighted by Gasteiger charge is -2.24. The Morgan fingerprint density at radius 3 is 2.50 bits per heavy atom. The third-order valence-electron chi connectivity index (χ3n) is 4.48. The molecule has 2 aliphatic rings. The maximum atomic E-state index is 12.6. The van der Waals surface area contributed by atoms with Gasteiger partial charge in [0, 0.05) is 37.2 Å². The monoisotopic (exact) mass is 352 g/mol. The van der Waals surface area contributed by atoms with Crippen LogP contribution in [0.4, 0.5) is 0 Å². The van der Waals surface area contributed by atoms with Gasteiger partial charge in [-0.05, 0) is 50.5 Å². The molecule has 132 valence electrons. The molecule has 1 aliphatic carbocycles. The quantitative estimate of drug-likeness (QED) is 0.809. The van der Waals surface area contributed by atoms with Gasteiger partial charge in [0.2, 0.25) is 10.0 Å². The van der Waals surface area contributed by atoms with Crippen LogP contribution in [-0.2, 0) is 14.8 Å². The first-order valence-electron chi connectivity index (χ1n) is 8.49. The molecule has 2 fully saturated rings. The molecule has 1 atom stereocenters. The second kappa shape index (κ2) is 7.21. The Kier molecular flexibility index (Phi) is 5.22. The lowest BCUT2D eigenvalue weighted by Crippen LogP contribution is -2.35. The SMILES string of the molecule is CCN(CC1CCOC1)C(=O)c1ccc(S(=O)(=O)NC2CC2)cc1.